The quantitative estimate of drug-likeness (QED) is 0.685. The molecule has 1 saturated carbocycles. The molecular weight excluding hydrogens is 369 g/mol. The first kappa shape index (κ1) is 19.7. The van der Waals surface area contributed by atoms with E-state index in [2.05, 4.69) is 6.92 Å². The minimum Gasteiger partial charge on any atom is -0.369 e. The summed E-state index contributed by atoms with van der Waals surface area (Å²) in [6.45, 7) is 3.96. The van der Waals surface area contributed by atoms with Crippen molar-refractivity contribution in [1.82, 2.24) is 0 Å². The molecule has 0 heterocycles. The van der Waals surface area contributed by atoms with Crippen LogP contribution in [0.15, 0.2) is 6.07 Å². The topological polar surface area (TPSA) is 60.2 Å². The number of carbonyl (C=O) groups is 2. The molecule has 0 aliphatic heterocycles. The summed E-state index contributed by atoms with van der Waals surface area (Å²) < 4.78 is 0. The van der Waals surface area contributed by atoms with Crippen molar-refractivity contribution in [3.63, 3.8) is 0 Å². The van der Waals surface area contributed by atoms with E-state index in [1.165, 1.54) is 12.8 Å². The summed E-state index contributed by atoms with van der Waals surface area (Å²) >= 11 is 13.4. The standard InChI is InChI=1S/C21H27Cl2NO2/c1-3-4-9-21(20(24)26)11-12(2)19(25)15-10-14(13-7-5-6-8-13)17(22)18(23)16(15)21/h10,12-13H,3-9,11H2,1-2H3,(H2,24,26). The van der Waals surface area contributed by atoms with E-state index in [0.29, 0.717) is 39.9 Å². The number of rotatable bonds is 5. The number of nitrogens with two attached hydrogens (primary N) is 1. The Labute approximate surface area is 165 Å². The van der Waals surface area contributed by atoms with E-state index >= 15 is 0 Å². The molecule has 2 atom stereocenters. The summed E-state index contributed by atoms with van der Waals surface area (Å²) in [5.74, 6) is -0.265. The van der Waals surface area contributed by atoms with Crippen molar-refractivity contribution in [1.29, 1.82) is 0 Å². The van der Waals surface area contributed by atoms with Crippen LogP contribution in [-0.2, 0) is 10.2 Å². The minimum atomic E-state index is -0.909. The van der Waals surface area contributed by atoms with Gasteiger partial charge >= 0.3 is 0 Å². The Kier molecular flexibility index (Phi) is 5.69. The molecule has 0 aromatic heterocycles. The van der Waals surface area contributed by atoms with Gasteiger partial charge in [0.15, 0.2) is 5.78 Å². The highest BCUT2D eigenvalue weighted by Crippen LogP contribution is 2.51. The molecule has 3 rings (SSSR count). The Morgan fingerprint density at radius 2 is 1.92 bits per heavy atom. The Morgan fingerprint density at radius 3 is 2.50 bits per heavy atom. The molecule has 0 spiro atoms. The molecule has 1 aromatic rings. The molecule has 0 bridgehead atoms. The first-order valence-corrected chi connectivity index (χ1v) is 10.5. The van der Waals surface area contributed by atoms with Gasteiger partial charge in [-0.05, 0) is 48.8 Å². The predicted molar refractivity (Wildman–Crippen MR) is 106 cm³/mol. The van der Waals surface area contributed by atoms with Crippen LogP contribution >= 0.6 is 23.2 Å². The van der Waals surface area contributed by atoms with Crippen LogP contribution in [0.3, 0.4) is 0 Å². The normalized spacial score (nSPS) is 26.2. The average molecular weight is 396 g/mol. The average Bonchev–Trinajstić information content (AvgIpc) is 3.13. The first-order chi connectivity index (χ1) is 12.3. The van der Waals surface area contributed by atoms with E-state index in [9.17, 15) is 9.59 Å². The van der Waals surface area contributed by atoms with E-state index < -0.39 is 11.3 Å². The van der Waals surface area contributed by atoms with Gasteiger partial charge in [0.1, 0.15) is 0 Å². The lowest BCUT2D eigenvalue weighted by atomic mass is 9.63. The summed E-state index contributed by atoms with van der Waals surface area (Å²) in [7, 11) is 0. The molecule has 2 aliphatic rings. The maximum absolute atomic E-state index is 13.0. The summed E-state index contributed by atoms with van der Waals surface area (Å²) in [5.41, 5.74) is 7.09. The van der Waals surface area contributed by atoms with Crippen molar-refractivity contribution in [2.75, 3.05) is 0 Å². The number of ketones is 1. The Balaban J connectivity index is 2.24. The highest BCUT2D eigenvalue weighted by Gasteiger charge is 2.49. The third kappa shape index (κ3) is 3.07. The van der Waals surface area contributed by atoms with Gasteiger partial charge in [-0.2, -0.15) is 0 Å². The Bertz CT molecular complexity index is 740. The lowest BCUT2D eigenvalue weighted by molar-refractivity contribution is -0.124. The van der Waals surface area contributed by atoms with Crippen molar-refractivity contribution in [3.8, 4) is 0 Å². The molecule has 0 radical (unpaired) electrons. The Morgan fingerprint density at radius 1 is 1.27 bits per heavy atom. The number of fused-ring (bicyclic) bond motifs is 1. The van der Waals surface area contributed by atoms with Crippen LogP contribution in [0.1, 0.15) is 92.6 Å². The molecular formula is C21H27Cl2NO2. The molecule has 1 fully saturated rings. The van der Waals surface area contributed by atoms with Crippen LogP contribution in [0.5, 0.6) is 0 Å². The number of benzene rings is 1. The molecule has 2 N–H and O–H groups in total. The highest BCUT2D eigenvalue weighted by molar-refractivity contribution is 6.43. The van der Waals surface area contributed by atoms with Gasteiger partial charge < -0.3 is 5.73 Å². The number of carbonyl (C=O) groups excluding carboxylic acids is 2. The predicted octanol–water partition coefficient (Wildman–Crippen LogP) is 5.79. The molecule has 2 unspecified atom stereocenters. The zero-order valence-corrected chi connectivity index (χ0v) is 17.1. The maximum atomic E-state index is 13.0. The molecule has 0 saturated heterocycles. The zero-order valence-electron chi connectivity index (χ0n) is 15.5. The van der Waals surface area contributed by atoms with Crippen molar-refractivity contribution in [3.05, 3.63) is 32.8 Å². The molecule has 2 aliphatic carbocycles. The van der Waals surface area contributed by atoms with Crippen molar-refractivity contribution >= 4 is 34.9 Å². The fraction of sp³-hybridized carbons (Fsp3) is 0.619. The van der Waals surface area contributed by atoms with Gasteiger partial charge in [0.2, 0.25) is 5.91 Å². The van der Waals surface area contributed by atoms with Crippen LogP contribution in [0.2, 0.25) is 10.0 Å². The van der Waals surface area contributed by atoms with E-state index in [-0.39, 0.29) is 11.7 Å². The van der Waals surface area contributed by atoms with Gasteiger partial charge in [0.05, 0.1) is 15.5 Å². The summed E-state index contributed by atoms with van der Waals surface area (Å²) in [6.07, 6.45) is 7.27. The number of unbranched alkanes of at least 4 members (excludes halogenated alkanes) is 1. The summed E-state index contributed by atoms with van der Waals surface area (Å²) in [5, 5.41) is 0.864. The van der Waals surface area contributed by atoms with Crippen LogP contribution in [0, 0.1) is 5.92 Å². The lowest BCUT2D eigenvalue weighted by Crippen LogP contribution is -2.47. The van der Waals surface area contributed by atoms with Gasteiger partial charge in [0, 0.05) is 11.5 Å². The van der Waals surface area contributed by atoms with E-state index in [1.54, 1.807) is 0 Å². The van der Waals surface area contributed by atoms with Crippen molar-refractivity contribution in [2.45, 2.75) is 76.5 Å². The van der Waals surface area contributed by atoms with Gasteiger partial charge in [-0.1, -0.05) is 62.7 Å². The number of hydrogen-bond donors (Lipinski definition) is 1. The van der Waals surface area contributed by atoms with Crippen LogP contribution in [0.4, 0.5) is 0 Å². The fourth-order valence-corrected chi connectivity index (χ4v) is 5.57. The largest absolute Gasteiger partial charge is 0.369 e. The Hall–Kier alpha value is -1.06. The minimum absolute atomic E-state index is 0.0474. The van der Waals surface area contributed by atoms with Gasteiger partial charge in [-0.3, -0.25) is 9.59 Å². The van der Waals surface area contributed by atoms with Crippen LogP contribution in [0.25, 0.3) is 0 Å². The van der Waals surface area contributed by atoms with E-state index in [0.717, 1.165) is 31.2 Å². The van der Waals surface area contributed by atoms with Gasteiger partial charge in [0.25, 0.3) is 0 Å². The second kappa shape index (κ2) is 7.52. The molecule has 142 valence electrons. The van der Waals surface area contributed by atoms with E-state index in [4.69, 9.17) is 28.9 Å². The fourth-order valence-electron chi connectivity index (χ4n) is 4.88. The number of hydrogen-bond acceptors (Lipinski definition) is 2. The second-order valence-electron chi connectivity index (χ2n) is 8.02. The monoisotopic (exact) mass is 395 g/mol. The van der Waals surface area contributed by atoms with Gasteiger partial charge in [-0.25, -0.2) is 0 Å². The van der Waals surface area contributed by atoms with Crippen LogP contribution in [-0.4, -0.2) is 11.7 Å². The molecule has 1 aromatic carbocycles. The smallest absolute Gasteiger partial charge is 0.228 e. The third-order valence-corrected chi connectivity index (χ3v) is 7.19. The number of amides is 1. The van der Waals surface area contributed by atoms with Crippen LogP contribution < -0.4 is 5.73 Å². The summed E-state index contributed by atoms with van der Waals surface area (Å²) in [6, 6.07) is 1.92. The van der Waals surface area contributed by atoms with Crippen molar-refractivity contribution < 1.29 is 9.59 Å². The SMILES string of the molecule is CCCCC1(C(N)=O)CC(C)C(=O)c2cc(C3CCCC3)c(Cl)c(Cl)c21. The maximum Gasteiger partial charge on any atom is 0.228 e. The molecule has 26 heavy (non-hydrogen) atoms. The zero-order chi connectivity index (χ0) is 19.1. The van der Waals surface area contributed by atoms with Crippen molar-refractivity contribution in [2.24, 2.45) is 11.7 Å². The first-order valence-electron chi connectivity index (χ1n) is 9.70. The molecule has 3 nitrogen and oxygen atoms in total. The number of primary amides is 1. The molecule has 1 amide bonds. The third-order valence-electron chi connectivity index (χ3n) is 6.30. The number of halogens is 2. The number of Topliss-reactive ketones (excluding diaryl/α,β-unsaturated/α-hetero) is 1. The second-order valence-corrected chi connectivity index (χ2v) is 8.77. The lowest BCUT2D eigenvalue weighted by Gasteiger charge is -2.40. The summed E-state index contributed by atoms with van der Waals surface area (Å²) in [4.78, 5) is 25.6. The molecule has 5 heteroatoms. The van der Waals surface area contributed by atoms with Gasteiger partial charge in [-0.15, -0.1) is 0 Å². The highest BCUT2D eigenvalue weighted by atomic mass is 35.5. The van der Waals surface area contributed by atoms with E-state index in [1.807, 2.05) is 13.0 Å².